The molecule has 0 bridgehead atoms. The second kappa shape index (κ2) is 20.9. The summed E-state index contributed by atoms with van der Waals surface area (Å²) in [6, 6.07) is 0.135. The summed E-state index contributed by atoms with van der Waals surface area (Å²) in [5.74, 6) is 0.409. The fraction of sp³-hybridized carbons (Fsp3) is 0.929. The molecule has 1 heterocycles. The maximum Gasteiger partial charge on any atom is 0.404 e. The van der Waals surface area contributed by atoms with Crippen LogP contribution in [0.1, 0.15) is 136 Å². The Bertz CT molecular complexity index is 515. The maximum atomic E-state index is 12.7. The molecule has 0 saturated carbocycles. The number of likely N-dealkylation sites (tertiary alicyclic amines) is 1. The van der Waals surface area contributed by atoms with E-state index in [0.29, 0.717) is 12.3 Å². The number of carbonyl (C=O) groups excluding carboxylic acids is 2. The Labute approximate surface area is 210 Å². The molecule has 6 nitrogen and oxygen atoms in total. The van der Waals surface area contributed by atoms with E-state index in [-0.39, 0.29) is 18.7 Å². The van der Waals surface area contributed by atoms with Gasteiger partial charge in [0.15, 0.2) is 0 Å². The van der Waals surface area contributed by atoms with E-state index in [0.717, 1.165) is 32.4 Å². The number of carbonyl (C=O) groups is 2. The summed E-state index contributed by atoms with van der Waals surface area (Å²) in [4.78, 5) is 25.5. The van der Waals surface area contributed by atoms with Gasteiger partial charge in [0.1, 0.15) is 0 Å². The van der Waals surface area contributed by atoms with E-state index >= 15 is 0 Å². The molecule has 1 saturated heterocycles. The lowest BCUT2D eigenvalue weighted by molar-refractivity contribution is 0.0908. The molecule has 2 unspecified atom stereocenters. The van der Waals surface area contributed by atoms with Crippen LogP contribution in [0.25, 0.3) is 0 Å². The molecule has 0 spiro atoms. The number of hydrogen-bond donors (Lipinski definition) is 2. The second-order valence-corrected chi connectivity index (χ2v) is 10.4. The molecule has 0 aliphatic carbocycles. The average Bonchev–Trinajstić information content (AvgIpc) is 2.81. The van der Waals surface area contributed by atoms with Crippen LogP contribution < -0.4 is 11.1 Å². The number of ether oxygens (including phenoxy) is 1. The highest BCUT2D eigenvalue weighted by molar-refractivity contribution is 5.74. The number of hydrogen-bond acceptors (Lipinski definition) is 3. The van der Waals surface area contributed by atoms with E-state index in [1.807, 2.05) is 4.90 Å². The van der Waals surface area contributed by atoms with Gasteiger partial charge in [-0.2, -0.15) is 0 Å². The SMILES string of the molecule is CCCCCCCCCCCCCCCCCCNC(=O)N1CCCC(C)C1CCOC(N)=O. The van der Waals surface area contributed by atoms with Crippen molar-refractivity contribution in [1.29, 1.82) is 0 Å². The van der Waals surface area contributed by atoms with Crippen molar-refractivity contribution in [3.05, 3.63) is 0 Å². The van der Waals surface area contributed by atoms with Crippen LogP contribution in [0.5, 0.6) is 0 Å². The molecule has 200 valence electrons. The Kier molecular flexibility index (Phi) is 18.8. The van der Waals surface area contributed by atoms with Gasteiger partial charge < -0.3 is 20.7 Å². The van der Waals surface area contributed by atoms with E-state index < -0.39 is 6.09 Å². The predicted octanol–water partition coefficient (Wildman–Crippen LogP) is 7.54. The van der Waals surface area contributed by atoms with Gasteiger partial charge in [-0.05, 0) is 25.2 Å². The largest absolute Gasteiger partial charge is 0.450 e. The van der Waals surface area contributed by atoms with Crippen molar-refractivity contribution in [1.82, 2.24) is 10.2 Å². The monoisotopic (exact) mass is 481 g/mol. The Hall–Kier alpha value is -1.46. The van der Waals surface area contributed by atoms with Crippen LogP contribution in [-0.2, 0) is 4.74 Å². The number of unbranched alkanes of at least 4 members (excludes halogenated alkanes) is 15. The van der Waals surface area contributed by atoms with Crippen molar-refractivity contribution in [3.8, 4) is 0 Å². The van der Waals surface area contributed by atoms with Crippen LogP contribution in [0.2, 0.25) is 0 Å². The van der Waals surface area contributed by atoms with E-state index in [2.05, 4.69) is 19.2 Å². The number of nitrogens with two attached hydrogens (primary N) is 1. The first-order chi connectivity index (χ1) is 16.6. The van der Waals surface area contributed by atoms with Gasteiger partial charge in [0.05, 0.1) is 6.61 Å². The minimum Gasteiger partial charge on any atom is -0.450 e. The Balaban J connectivity index is 1.96. The topological polar surface area (TPSA) is 84.7 Å². The summed E-state index contributed by atoms with van der Waals surface area (Å²) in [5, 5.41) is 3.11. The van der Waals surface area contributed by atoms with Crippen molar-refractivity contribution >= 4 is 12.1 Å². The lowest BCUT2D eigenvalue weighted by Crippen LogP contribution is -2.52. The Morgan fingerprint density at radius 3 is 1.85 bits per heavy atom. The summed E-state index contributed by atoms with van der Waals surface area (Å²) >= 11 is 0. The number of primary amides is 1. The molecule has 3 N–H and O–H groups in total. The third-order valence-corrected chi connectivity index (χ3v) is 7.34. The number of urea groups is 1. The third-order valence-electron chi connectivity index (χ3n) is 7.34. The first-order valence-electron chi connectivity index (χ1n) is 14.5. The van der Waals surface area contributed by atoms with E-state index in [1.54, 1.807) is 0 Å². The van der Waals surface area contributed by atoms with Gasteiger partial charge in [0.2, 0.25) is 0 Å². The summed E-state index contributed by atoms with van der Waals surface area (Å²) < 4.78 is 4.90. The summed E-state index contributed by atoms with van der Waals surface area (Å²) in [5.41, 5.74) is 5.06. The molecule has 2 atom stereocenters. The maximum absolute atomic E-state index is 12.7. The zero-order valence-corrected chi connectivity index (χ0v) is 22.5. The van der Waals surface area contributed by atoms with Crippen LogP contribution in [-0.4, -0.2) is 42.8 Å². The number of amides is 3. The fourth-order valence-corrected chi connectivity index (χ4v) is 5.19. The van der Waals surface area contributed by atoms with Gasteiger partial charge in [-0.1, -0.05) is 110 Å². The normalized spacial score (nSPS) is 18.1. The van der Waals surface area contributed by atoms with E-state index in [9.17, 15) is 9.59 Å². The summed E-state index contributed by atoms with van der Waals surface area (Å²) in [6.45, 7) is 6.24. The van der Waals surface area contributed by atoms with Gasteiger partial charge in [-0.3, -0.25) is 0 Å². The van der Waals surface area contributed by atoms with E-state index in [4.69, 9.17) is 10.5 Å². The quantitative estimate of drug-likeness (QED) is 0.176. The molecule has 3 amide bonds. The highest BCUT2D eigenvalue weighted by Crippen LogP contribution is 2.25. The first kappa shape index (κ1) is 30.6. The lowest BCUT2D eigenvalue weighted by atomic mass is 9.89. The van der Waals surface area contributed by atoms with Crippen LogP contribution >= 0.6 is 0 Å². The number of piperidine rings is 1. The zero-order valence-electron chi connectivity index (χ0n) is 22.5. The summed E-state index contributed by atoms with van der Waals surface area (Å²) in [7, 11) is 0. The predicted molar refractivity (Wildman–Crippen MR) is 142 cm³/mol. The van der Waals surface area contributed by atoms with Crippen LogP contribution in [0.4, 0.5) is 9.59 Å². The standard InChI is InChI=1S/C28H55N3O3/c1-3-4-5-6-7-8-9-10-11-12-13-14-15-16-17-18-22-30-28(33)31-23-19-20-25(2)26(31)21-24-34-27(29)32/h25-26H,3-24H2,1-2H3,(H2,29,32)(H,30,33). The second-order valence-electron chi connectivity index (χ2n) is 10.4. The highest BCUT2D eigenvalue weighted by Gasteiger charge is 2.31. The molecule has 1 aliphatic heterocycles. The minimum atomic E-state index is -0.747. The van der Waals surface area contributed by atoms with Crippen molar-refractivity contribution in [2.45, 2.75) is 142 Å². The Morgan fingerprint density at radius 2 is 1.35 bits per heavy atom. The van der Waals surface area contributed by atoms with Crippen LogP contribution in [0.15, 0.2) is 0 Å². The lowest BCUT2D eigenvalue weighted by Gasteiger charge is -2.40. The molecule has 6 heteroatoms. The van der Waals surface area contributed by atoms with Gasteiger partial charge in [0, 0.05) is 25.6 Å². The molecule has 0 aromatic rings. The molecule has 0 radical (unpaired) electrons. The molecule has 1 rings (SSSR count). The average molecular weight is 482 g/mol. The number of nitrogens with one attached hydrogen (secondary N) is 1. The van der Waals surface area contributed by atoms with Crippen molar-refractivity contribution in [2.24, 2.45) is 11.7 Å². The molecule has 1 fully saturated rings. The van der Waals surface area contributed by atoms with E-state index in [1.165, 1.54) is 96.3 Å². The molecule has 34 heavy (non-hydrogen) atoms. The summed E-state index contributed by atoms with van der Waals surface area (Å²) in [6.07, 6.45) is 23.7. The number of rotatable bonds is 20. The third kappa shape index (κ3) is 15.4. The molecule has 0 aromatic heterocycles. The molecule has 1 aliphatic rings. The zero-order chi connectivity index (χ0) is 24.9. The van der Waals surface area contributed by atoms with Crippen LogP contribution in [0.3, 0.4) is 0 Å². The van der Waals surface area contributed by atoms with Gasteiger partial charge in [0.25, 0.3) is 0 Å². The number of nitrogens with zero attached hydrogens (tertiary/aromatic N) is 1. The first-order valence-corrected chi connectivity index (χ1v) is 14.5. The minimum absolute atomic E-state index is 0.0246. The van der Waals surface area contributed by atoms with Gasteiger partial charge in [-0.25, -0.2) is 9.59 Å². The highest BCUT2D eigenvalue weighted by atomic mass is 16.5. The van der Waals surface area contributed by atoms with Crippen molar-refractivity contribution in [3.63, 3.8) is 0 Å². The van der Waals surface area contributed by atoms with Gasteiger partial charge >= 0.3 is 12.1 Å². The molecular formula is C28H55N3O3. The smallest absolute Gasteiger partial charge is 0.404 e. The molecule has 0 aromatic carbocycles. The van der Waals surface area contributed by atoms with Gasteiger partial charge in [-0.15, -0.1) is 0 Å². The Morgan fingerprint density at radius 1 is 0.853 bits per heavy atom. The van der Waals surface area contributed by atoms with Crippen LogP contribution in [0, 0.1) is 5.92 Å². The molecular weight excluding hydrogens is 426 g/mol. The van der Waals surface area contributed by atoms with Crippen molar-refractivity contribution in [2.75, 3.05) is 19.7 Å². The fourth-order valence-electron chi connectivity index (χ4n) is 5.19. The van der Waals surface area contributed by atoms with Crippen molar-refractivity contribution < 1.29 is 14.3 Å².